The Labute approximate surface area is 137 Å². The van der Waals surface area contributed by atoms with Crippen LogP contribution in [0.15, 0.2) is 24.3 Å². The molecule has 1 fully saturated rings. The summed E-state index contributed by atoms with van der Waals surface area (Å²) in [5.74, 6) is -0.160. The number of fused-ring (bicyclic) bond motifs is 1. The third-order valence-electron chi connectivity index (χ3n) is 5.26. The SMILES string of the molecule is O=C(O)CCC1CCCN(C(=O)C2CCCc3ccccc32)C1. The van der Waals surface area contributed by atoms with E-state index in [2.05, 4.69) is 18.2 Å². The van der Waals surface area contributed by atoms with Crippen molar-refractivity contribution in [3.63, 3.8) is 0 Å². The fraction of sp³-hybridized carbons (Fsp3) is 0.579. The van der Waals surface area contributed by atoms with Gasteiger partial charge in [0.15, 0.2) is 0 Å². The highest BCUT2D eigenvalue weighted by molar-refractivity contribution is 5.84. The summed E-state index contributed by atoms with van der Waals surface area (Å²) in [6.45, 7) is 1.55. The minimum Gasteiger partial charge on any atom is -0.481 e. The molecule has 1 aromatic rings. The lowest BCUT2D eigenvalue weighted by molar-refractivity contribution is -0.137. The first-order valence-corrected chi connectivity index (χ1v) is 8.73. The number of carboxylic acid groups (broad SMARTS) is 1. The maximum atomic E-state index is 13.0. The molecular weight excluding hydrogens is 290 g/mol. The molecule has 23 heavy (non-hydrogen) atoms. The molecule has 1 aromatic carbocycles. The summed E-state index contributed by atoms with van der Waals surface area (Å²) in [6, 6.07) is 8.31. The van der Waals surface area contributed by atoms with E-state index in [1.54, 1.807) is 0 Å². The van der Waals surface area contributed by atoms with Gasteiger partial charge in [0.2, 0.25) is 5.91 Å². The van der Waals surface area contributed by atoms with Crippen molar-refractivity contribution in [1.82, 2.24) is 4.90 Å². The van der Waals surface area contributed by atoms with Crippen molar-refractivity contribution in [2.75, 3.05) is 13.1 Å². The maximum Gasteiger partial charge on any atom is 0.303 e. The lowest BCUT2D eigenvalue weighted by atomic mass is 9.81. The van der Waals surface area contributed by atoms with Crippen molar-refractivity contribution in [2.45, 2.75) is 50.9 Å². The van der Waals surface area contributed by atoms with Gasteiger partial charge in [0.25, 0.3) is 0 Å². The number of carbonyl (C=O) groups is 2. The number of nitrogens with zero attached hydrogens (tertiary/aromatic N) is 1. The smallest absolute Gasteiger partial charge is 0.303 e. The number of likely N-dealkylation sites (tertiary alicyclic amines) is 1. The number of aryl methyl sites for hydroxylation is 1. The molecule has 1 aliphatic heterocycles. The third-order valence-corrected chi connectivity index (χ3v) is 5.26. The summed E-state index contributed by atoms with van der Waals surface area (Å²) in [7, 11) is 0. The highest BCUT2D eigenvalue weighted by Crippen LogP contribution is 2.34. The van der Waals surface area contributed by atoms with Crippen LogP contribution in [0.5, 0.6) is 0 Å². The molecule has 2 aliphatic rings. The van der Waals surface area contributed by atoms with Gasteiger partial charge in [-0.15, -0.1) is 0 Å². The fourth-order valence-corrected chi connectivity index (χ4v) is 4.06. The van der Waals surface area contributed by atoms with Crippen LogP contribution in [0.3, 0.4) is 0 Å². The molecule has 3 rings (SSSR count). The molecule has 1 aliphatic carbocycles. The summed E-state index contributed by atoms with van der Waals surface area (Å²) in [5.41, 5.74) is 2.52. The first kappa shape index (κ1) is 16.0. The zero-order chi connectivity index (χ0) is 16.2. The van der Waals surface area contributed by atoms with E-state index in [9.17, 15) is 9.59 Å². The monoisotopic (exact) mass is 315 g/mol. The van der Waals surface area contributed by atoms with Crippen molar-refractivity contribution in [3.05, 3.63) is 35.4 Å². The maximum absolute atomic E-state index is 13.0. The number of aliphatic carboxylic acids is 1. The average Bonchev–Trinajstić information content (AvgIpc) is 2.59. The second-order valence-electron chi connectivity index (χ2n) is 6.87. The molecule has 0 radical (unpaired) electrons. The molecule has 2 atom stereocenters. The van der Waals surface area contributed by atoms with E-state index in [1.165, 1.54) is 11.1 Å². The number of piperidine rings is 1. The van der Waals surface area contributed by atoms with E-state index in [4.69, 9.17) is 5.11 Å². The van der Waals surface area contributed by atoms with Crippen molar-refractivity contribution < 1.29 is 14.7 Å². The van der Waals surface area contributed by atoms with Crippen LogP contribution in [0, 0.1) is 5.92 Å². The Bertz CT molecular complexity index is 584. The predicted molar refractivity (Wildman–Crippen MR) is 88.3 cm³/mol. The van der Waals surface area contributed by atoms with Crippen molar-refractivity contribution in [2.24, 2.45) is 5.92 Å². The van der Waals surface area contributed by atoms with Crippen LogP contribution in [0.2, 0.25) is 0 Å². The van der Waals surface area contributed by atoms with Crippen LogP contribution in [0.1, 0.15) is 55.6 Å². The van der Waals surface area contributed by atoms with Crippen LogP contribution < -0.4 is 0 Å². The number of hydrogen-bond donors (Lipinski definition) is 1. The van der Waals surface area contributed by atoms with Crippen LogP contribution in [0.25, 0.3) is 0 Å². The molecular formula is C19H25NO3. The van der Waals surface area contributed by atoms with Gasteiger partial charge in [-0.1, -0.05) is 24.3 Å². The standard InChI is InChI=1S/C19H25NO3/c21-18(22)11-10-14-5-4-12-20(13-14)19(23)17-9-3-7-15-6-1-2-8-16(15)17/h1-2,6,8,14,17H,3-5,7,9-13H2,(H,21,22). The summed E-state index contributed by atoms with van der Waals surface area (Å²) in [5, 5.41) is 8.85. The number of benzene rings is 1. The number of carbonyl (C=O) groups excluding carboxylic acids is 1. The Morgan fingerprint density at radius 1 is 1.17 bits per heavy atom. The van der Waals surface area contributed by atoms with E-state index >= 15 is 0 Å². The predicted octanol–water partition coefficient (Wildman–Crippen LogP) is 3.21. The van der Waals surface area contributed by atoms with Gasteiger partial charge in [-0.25, -0.2) is 0 Å². The first-order chi connectivity index (χ1) is 11.1. The van der Waals surface area contributed by atoms with Crippen molar-refractivity contribution in [3.8, 4) is 0 Å². The fourth-order valence-electron chi connectivity index (χ4n) is 4.06. The minimum absolute atomic E-state index is 0.00169. The van der Waals surface area contributed by atoms with Gasteiger partial charge in [0.05, 0.1) is 5.92 Å². The Kier molecular flexibility index (Phi) is 4.99. The Hall–Kier alpha value is -1.84. The van der Waals surface area contributed by atoms with E-state index in [0.29, 0.717) is 12.3 Å². The summed E-state index contributed by atoms with van der Waals surface area (Å²) < 4.78 is 0. The number of carboxylic acids is 1. The number of rotatable bonds is 4. The second-order valence-corrected chi connectivity index (χ2v) is 6.87. The average molecular weight is 315 g/mol. The normalized spacial score (nSPS) is 24.1. The van der Waals surface area contributed by atoms with Gasteiger partial charge in [-0.2, -0.15) is 0 Å². The van der Waals surface area contributed by atoms with E-state index in [0.717, 1.165) is 45.2 Å². The minimum atomic E-state index is -0.741. The van der Waals surface area contributed by atoms with E-state index in [1.807, 2.05) is 11.0 Å². The zero-order valence-electron chi connectivity index (χ0n) is 13.5. The van der Waals surface area contributed by atoms with Gasteiger partial charge < -0.3 is 10.0 Å². The Balaban J connectivity index is 1.67. The number of hydrogen-bond acceptors (Lipinski definition) is 2. The van der Waals surface area contributed by atoms with Crippen LogP contribution in [0.4, 0.5) is 0 Å². The molecule has 1 N–H and O–H groups in total. The van der Waals surface area contributed by atoms with Gasteiger partial charge in [0, 0.05) is 19.5 Å². The zero-order valence-corrected chi connectivity index (χ0v) is 13.5. The highest BCUT2D eigenvalue weighted by atomic mass is 16.4. The van der Waals surface area contributed by atoms with Gasteiger partial charge in [-0.3, -0.25) is 9.59 Å². The first-order valence-electron chi connectivity index (χ1n) is 8.73. The van der Waals surface area contributed by atoms with E-state index < -0.39 is 5.97 Å². The molecule has 4 heteroatoms. The topological polar surface area (TPSA) is 57.6 Å². The number of amides is 1. The van der Waals surface area contributed by atoms with E-state index in [-0.39, 0.29) is 18.2 Å². The van der Waals surface area contributed by atoms with Crippen molar-refractivity contribution in [1.29, 1.82) is 0 Å². The van der Waals surface area contributed by atoms with Crippen LogP contribution >= 0.6 is 0 Å². The lowest BCUT2D eigenvalue weighted by Crippen LogP contribution is -2.43. The van der Waals surface area contributed by atoms with Gasteiger partial charge in [-0.05, 0) is 55.6 Å². The molecule has 1 amide bonds. The quantitative estimate of drug-likeness (QED) is 0.928. The molecule has 124 valence electrons. The van der Waals surface area contributed by atoms with Crippen LogP contribution in [-0.2, 0) is 16.0 Å². The second kappa shape index (κ2) is 7.16. The third kappa shape index (κ3) is 3.74. The summed E-state index contributed by atoms with van der Waals surface area (Å²) in [4.78, 5) is 25.8. The van der Waals surface area contributed by atoms with Gasteiger partial charge >= 0.3 is 5.97 Å². The summed E-state index contributed by atoms with van der Waals surface area (Å²) >= 11 is 0. The molecule has 4 nitrogen and oxygen atoms in total. The Morgan fingerprint density at radius 3 is 2.83 bits per heavy atom. The van der Waals surface area contributed by atoms with Crippen LogP contribution in [-0.4, -0.2) is 35.0 Å². The Morgan fingerprint density at radius 2 is 2.00 bits per heavy atom. The summed E-state index contributed by atoms with van der Waals surface area (Å²) in [6.07, 6.45) is 6.00. The molecule has 1 heterocycles. The molecule has 0 spiro atoms. The molecule has 1 saturated heterocycles. The van der Waals surface area contributed by atoms with Crippen molar-refractivity contribution >= 4 is 11.9 Å². The molecule has 2 unspecified atom stereocenters. The molecule has 0 saturated carbocycles. The largest absolute Gasteiger partial charge is 0.481 e. The molecule has 0 bridgehead atoms. The lowest BCUT2D eigenvalue weighted by Gasteiger charge is -2.36. The molecule has 0 aromatic heterocycles. The van der Waals surface area contributed by atoms with Gasteiger partial charge in [0.1, 0.15) is 0 Å². The highest BCUT2D eigenvalue weighted by Gasteiger charge is 2.32.